The quantitative estimate of drug-likeness (QED) is 0.380. The van der Waals surface area contributed by atoms with Gasteiger partial charge in [-0.3, -0.25) is 19.3 Å². The van der Waals surface area contributed by atoms with E-state index in [0.29, 0.717) is 17.5 Å². The first-order chi connectivity index (χ1) is 12.9. The molecule has 2 rings (SSSR count). The summed E-state index contributed by atoms with van der Waals surface area (Å²) >= 11 is 1.39. The summed E-state index contributed by atoms with van der Waals surface area (Å²) in [4.78, 5) is 38.7. The smallest absolute Gasteiger partial charge is 0.261 e. The summed E-state index contributed by atoms with van der Waals surface area (Å²) in [6.45, 7) is 6.30. The summed E-state index contributed by atoms with van der Waals surface area (Å²) in [5.74, 6) is 0.346. The third-order valence-corrected chi connectivity index (χ3v) is 6.43. The zero-order valence-electron chi connectivity index (χ0n) is 16.8. The van der Waals surface area contributed by atoms with Crippen molar-refractivity contribution < 1.29 is 14.4 Å². The van der Waals surface area contributed by atoms with Crippen LogP contribution in [-0.4, -0.2) is 34.1 Å². The molecule has 27 heavy (non-hydrogen) atoms. The van der Waals surface area contributed by atoms with E-state index in [2.05, 4.69) is 6.92 Å². The number of imide groups is 1. The molecule has 0 bridgehead atoms. The molecular weight excluding hydrogens is 358 g/mol. The second kappa shape index (κ2) is 10.1. The van der Waals surface area contributed by atoms with Crippen LogP contribution in [0.4, 0.5) is 0 Å². The number of nitrogens with zero attached hydrogens (tertiary/aromatic N) is 1. The SMILES string of the molecule is CCCCCCCCSC(=O)C(C)(C)CCN1C(=O)c2ccccc2C1=O. The summed E-state index contributed by atoms with van der Waals surface area (Å²) in [5, 5.41) is 0.146. The van der Waals surface area contributed by atoms with E-state index >= 15 is 0 Å². The van der Waals surface area contributed by atoms with E-state index < -0.39 is 5.41 Å². The second-order valence-electron chi connectivity index (χ2n) is 7.85. The maximum Gasteiger partial charge on any atom is 0.261 e. The van der Waals surface area contributed by atoms with E-state index in [-0.39, 0.29) is 23.5 Å². The topological polar surface area (TPSA) is 54.5 Å². The van der Waals surface area contributed by atoms with E-state index in [1.165, 1.54) is 48.8 Å². The van der Waals surface area contributed by atoms with Crippen LogP contribution in [0.3, 0.4) is 0 Å². The minimum atomic E-state index is -0.553. The number of thioether (sulfide) groups is 1. The minimum absolute atomic E-state index is 0.146. The van der Waals surface area contributed by atoms with Crippen molar-refractivity contribution in [2.24, 2.45) is 5.41 Å². The third-order valence-electron chi connectivity index (χ3n) is 5.12. The predicted molar refractivity (Wildman–Crippen MR) is 111 cm³/mol. The van der Waals surface area contributed by atoms with Crippen LogP contribution in [0.25, 0.3) is 0 Å². The Kier molecular flexibility index (Phi) is 8.08. The van der Waals surface area contributed by atoms with E-state index in [1.807, 2.05) is 13.8 Å². The van der Waals surface area contributed by atoms with Gasteiger partial charge in [-0.2, -0.15) is 0 Å². The molecule has 0 aromatic heterocycles. The van der Waals surface area contributed by atoms with Gasteiger partial charge >= 0.3 is 0 Å². The Morgan fingerprint density at radius 3 is 2.11 bits per heavy atom. The van der Waals surface area contributed by atoms with Gasteiger partial charge in [0, 0.05) is 17.7 Å². The monoisotopic (exact) mass is 389 g/mol. The van der Waals surface area contributed by atoms with Crippen LogP contribution in [0.2, 0.25) is 0 Å². The number of amides is 2. The molecule has 1 aliphatic rings. The zero-order valence-corrected chi connectivity index (χ0v) is 17.6. The van der Waals surface area contributed by atoms with Crippen molar-refractivity contribution in [1.29, 1.82) is 0 Å². The Labute approximate surface area is 167 Å². The Bertz CT molecular complexity index is 649. The third kappa shape index (κ3) is 5.68. The van der Waals surface area contributed by atoms with E-state index in [0.717, 1.165) is 12.2 Å². The lowest BCUT2D eigenvalue weighted by Gasteiger charge is -2.25. The van der Waals surface area contributed by atoms with Gasteiger partial charge in [-0.05, 0) is 25.0 Å². The normalized spacial score (nSPS) is 14.0. The van der Waals surface area contributed by atoms with Gasteiger partial charge in [0.15, 0.2) is 5.12 Å². The van der Waals surface area contributed by atoms with Gasteiger partial charge in [-0.1, -0.05) is 76.8 Å². The highest BCUT2D eigenvalue weighted by Gasteiger charge is 2.37. The maximum atomic E-state index is 12.6. The fraction of sp³-hybridized carbons (Fsp3) is 0.591. The summed E-state index contributed by atoms with van der Waals surface area (Å²) in [7, 11) is 0. The van der Waals surface area contributed by atoms with Crippen molar-refractivity contribution in [2.75, 3.05) is 12.3 Å². The molecule has 1 aliphatic heterocycles. The molecule has 0 spiro atoms. The molecule has 0 aliphatic carbocycles. The molecule has 0 N–H and O–H groups in total. The number of hydrogen-bond acceptors (Lipinski definition) is 4. The molecule has 1 aromatic carbocycles. The first-order valence-corrected chi connectivity index (χ1v) is 11.0. The summed E-state index contributed by atoms with van der Waals surface area (Å²) < 4.78 is 0. The van der Waals surface area contributed by atoms with Crippen LogP contribution < -0.4 is 0 Å². The molecule has 1 aromatic rings. The van der Waals surface area contributed by atoms with Crippen LogP contribution in [-0.2, 0) is 4.79 Å². The number of rotatable bonds is 11. The van der Waals surface area contributed by atoms with Crippen LogP contribution in [0.15, 0.2) is 24.3 Å². The molecule has 1 heterocycles. The predicted octanol–water partition coefficient (Wildman–Crippen LogP) is 5.32. The van der Waals surface area contributed by atoms with Gasteiger partial charge in [0.2, 0.25) is 0 Å². The Morgan fingerprint density at radius 2 is 1.52 bits per heavy atom. The number of hydrogen-bond donors (Lipinski definition) is 0. The van der Waals surface area contributed by atoms with Crippen molar-refractivity contribution >= 4 is 28.7 Å². The van der Waals surface area contributed by atoms with Gasteiger partial charge in [0.05, 0.1) is 11.1 Å². The highest BCUT2D eigenvalue weighted by molar-refractivity contribution is 8.13. The number of carbonyl (C=O) groups excluding carboxylic acids is 3. The van der Waals surface area contributed by atoms with Crippen LogP contribution in [0, 0.1) is 5.41 Å². The van der Waals surface area contributed by atoms with E-state index in [9.17, 15) is 14.4 Å². The number of fused-ring (bicyclic) bond motifs is 1. The standard InChI is InChI=1S/C22H31NO3S/c1-4-5-6-7-8-11-16-27-21(26)22(2,3)14-15-23-19(24)17-12-9-10-13-18(17)20(23)25/h9-10,12-13H,4-8,11,14-16H2,1-3H3. The largest absolute Gasteiger partial charge is 0.287 e. The number of benzene rings is 1. The number of unbranched alkanes of at least 4 members (excludes halogenated alkanes) is 5. The summed E-state index contributed by atoms with van der Waals surface area (Å²) in [6, 6.07) is 6.89. The Balaban J connectivity index is 1.77. The average Bonchev–Trinajstić information content (AvgIpc) is 2.90. The molecule has 2 amide bonds. The maximum absolute atomic E-state index is 12.6. The van der Waals surface area contributed by atoms with E-state index in [4.69, 9.17) is 0 Å². The fourth-order valence-corrected chi connectivity index (χ4v) is 4.20. The summed E-state index contributed by atoms with van der Waals surface area (Å²) in [5.41, 5.74) is 0.371. The van der Waals surface area contributed by atoms with Crippen LogP contribution in [0.1, 0.15) is 86.4 Å². The lowest BCUT2D eigenvalue weighted by molar-refractivity contribution is -0.118. The van der Waals surface area contributed by atoms with Gasteiger partial charge in [-0.25, -0.2) is 0 Å². The average molecular weight is 390 g/mol. The first kappa shape index (κ1) is 21.7. The Morgan fingerprint density at radius 1 is 0.963 bits per heavy atom. The molecule has 0 saturated carbocycles. The van der Waals surface area contributed by atoms with Gasteiger partial charge in [0.25, 0.3) is 11.8 Å². The molecular formula is C22H31NO3S. The van der Waals surface area contributed by atoms with E-state index in [1.54, 1.807) is 24.3 Å². The summed E-state index contributed by atoms with van der Waals surface area (Å²) in [6.07, 6.45) is 7.78. The lowest BCUT2D eigenvalue weighted by atomic mass is 9.91. The molecule has 148 valence electrons. The van der Waals surface area contributed by atoms with Gasteiger partial charge in [-0.15, -0.1) is 0 Å². The fourth-order valence-electron chi connectivity index (χ4n) is 3.18. The molecule has 4 nitrogen and oxygen atoms in total. The Hall–Kier alpha value is -1.62. The second-order valence-corrected chi connectivity index (χ2v) is 8.91. The molecule has 0 unspecified atom stereocenters. The molecule has 0 fully saturated rings. The van der Waals surface area contributed by atoms with Crippen LogP contribution >= 0.6 is 11.8 Å². The number of carbonyl (C=O) groups is 3. The van der Waals surface area contributed by atoms with Crippen molar-refractivity contribution in [3.63, 3.8) is 0 Å². The molecule has 5 heteroatoms. The van der Waals surface area contributed by atoms with Crippen LogP contribution in [0.5, 0.6) is 0 Å². The lowest BCUT2D eigenvalue weighted by Crippen LogP contribution is -2.35. The molecule has 0 radical (unpaired) electrons. The zero-order chi connectivity index (χ0) is 19.9. The highest BCUT2D eigenvalue weighted by atomic mass is 32.2. The first-order valence-electron chi connectivity index (χ1n) is 10.0. The van der Waals surface area contributed by atoms with Gasteiger partial charge in [0.1, 0.15) is 0 Å². The van der Waals surface area contributed by atoms with Crippen molar-refractivity contribution in [1.82, 2.24) is 4.90 Å². The van der Waals surface area contributed by atoms with Crippen molar-refractivity contribution in [3.05, 3.63) is 35.4 Å². The molecule has 0 atom stereocenters. The van der Waals surface area contributed by atoms with Crippen molar-refractivity contribution in [2.45, 2.75) is 65.7 Å². The van der Waals surface area contributed by atoms with Gasteiger partial charge < -0.3 is 0 Å². The van der Waals surface area contributed by atoms with Crippen molar-refractivity contribution in [3.8, 4) is 0 Å². The minimum Gasteiger partial charge on any atom is -0.287 e. The molecule has 0 saturated heterocycles. The highest BCUT2D eigenvalue weighted by Crippen LogP contribution is 2.31.